The van der Waals surface area contributed by atoms with E-state index in [2.05, 4.69) is 26.6 Å². The Kier molecular flexibility index (Phi) is 38.4. The number of aliphatic carboxylic acids is 1. The van der Waals surface area contributed by atoms with Crippen molar-refractivity contribution in [3.05, 3.63) is 0 Å². The molecule has 0 saturated carbocycles. The molecule has 0 spiro atoms. The van der Waals surface area contributed by atoms with Gasteiger partial charge in [0.25, 0.3) is 5.79 Å². The van der Waals surface area contributed by atoms with Crippen LogP contribution in [0.3, 0.4) is 0 Å². The Morgan fingerprint density at radius 1 is 0.328 bits per heavy atom. The van der Waals surface area contributed by atoms with Crippen LogP contribution in [-0.2, 0) is 119 Å². The van der Waals surface area contributed by atoms with Crippen LogP contribution in [-0.4, -0.2) is 550 Å². The van der Waals surface area contributed by atoms with Crippen molar-refractivity contribution in [3.8, 4) is 0 Å². The Balaban J connectivity index is 0.960. The molecular formula is C73H121N5O53. The second-order valence-corrected chi connectivity index (χ2v) is 33.2. The monoisotopic (exact) mass is 1920 g/mol. The molecule has 10 aliphatic rings. The van der Waals surface area contributed by atoms with Gasteiger partial charge in [0.1, 0.15) is 232 Å². The highest BCUT2D eigenvalue weighted by Gasteiger charge is 2.63. The zero-order valence-electron chi connectivity index (χ0n) is 70.7. The fourth-order valence-corrected chi connectivity index (χ4v) is 16.8. The third-order valence-corrected chi connectivity index (χ3v) is 23.8. The molecule has 0 aliphatic carbocycles. The maximum absolute atomic E-state index is 13.3. The maximum atomic E-state index is 13.3. The van der Waals surface area contributed by atoms with Gasteiger partial charge in [-0.2, -0.15) is 0 Å². The van der Waals surface area contributed by atoms with Crippen molar-refractivity contribution in [2.75, 3.05) is 59.5 Å². The first-order valence-electron chi connectivity index (χ1n) is 41.6. The highest BCUT2D eigenvalue weighted by Crippen LogP contribution is 2.42. The summed E-state index contributed by atoms with van der Waals surface area (Å²) in [5.41, 5.74) is 0. The summed E-state index contributed by atoms with van der Waals surface area (Å²) < 4.78 is 113. The summed E-state index contributed by atoms with van der Waals surface area (Å²) in [7, 11) is 0. The van der Waals surface area contributed by atoms with Gasteiger partial charge in [0.15, 0.2) is 56.6 Å². The fourth-order valence-electron chi connectivity index (χ4n) is 16.8. The van der Waals surface area contributed by atoms with E-state index < -0.39 is 414 Å². The second kappa shape index (κ2) is 46.6. The Labute approximate surface area is 741 Å². The number of rotatable bonds is 35. The van der Waals surface area contributed by atoms with E-state index in [1.165, 1.54) is 6.92 Å². The van der Waals surface area contributed by atoms with Crippen LogP contribution in [0, 0.1) is 0 Å². The summed E-state index contributed by atoms with van der Waals surface area (Å²) >= 11 is 0. The van der Waals surface area contributed by atoms with Gasteiger partial charge in [-0.15, -0.1) is 0 Å². The van der Waals surface area contributed by atoms with E-state index in [1.54, 1.807) is 0 Å². The third kappa shape index (κ3) is 24.3. The van der Waals surface area contributed by atoms with E-state index in [0.717, 1.165) is 34.6 Å². The number of aliphatic hydroxyl groups is 27. The summed E-state index contributed by atoms with van der Waals surface area (Å²) in [6.07, 6.45) is -97.5. The highest BCUT2D eigenvalue weighted by molar-refractivity contribution is 5.77. The molecule has 10 heterocycles. The van der Waals surface area contributed by atoms with E-state index in [0.29, 0.717) is 0 Å². The quantitative estimate of drug-likeness (QED) is 0.0280. The molecule has 58 heteroatoms. The molecule has 10 aliphatic heterocycles. The Morgan fingerprint density at radius 2 is 0.679 bits per heavy atom. The van der Waals surface area contributed by atoms with E-state index in [-0.39, 0.29) is 0 Å². The van der Waals surface area contributed by atoms with Crippen LogP contribution in [0.15, 0.2) is 0 Å². The van der Waals surface area contributed by atoms with Gasteiger partial charge in [-0.25, -0.2) is 4.79 Å². The number of hydrogen-bond donors (Lipinski definition) is 33. The number of carboxylic acid groups (broad SMARTS) is 1. The molecule has 0 aromatic carbocycles. The smallest absolute Gasteiger partial charge is 0.364 e. The van der Waals surface area contributed by atoms with Crippen LogP contribution in [0.4, 0.5) is 0 Å². The summed E-state index contributed by atoms with van der Waals surface area (Å²) in [6, 6.07) is -9.40. The summed E-state index contributed by atoms with van der Waals surface area (Å²) in [5, 5.41) is 326. The fraction of sp³-hybridized carbons (Fsp3) is 0.918. The topological polar surface area (TPSA) is 904 Å². The number of ether oxygens (including phenoxy) is 19. The second-order valence-electron chi connectivity index (χ2n) is 33.2. The molecule has 51 atom stereocenters. The molecule has 0 aromatic heterocycles. The number of carboxylic acids is 1. The summed E-state index contributed by atoms with van der Waals surface area (Å²) in [4.78, 5) is 76.7. The lowest BCUT2D eigenvalue weighted by molar-refractivity contribution is -0.399. The van der Waals surface area contributed by atoms with Crippen LogP contribution in [0.2, 0.25) is 0 Å². The van der Waals surface area contributed by atoms with Crippen molar-refractivity contribution in [1.82, 2.24) is 26.6 Å². The zero-order chi connectivity index (χ0) is 96.9. The molecule has 0 unspecified atom stereocenters. The number of carbonyl (C=O) groups is 6. The van der Waals surface area contributed by atoms with Gasteiger partial charge in [0.05, 0.1) is 77.7 Å². The average Bonchev–Trinajstić information content (AvgIpc) is 0.766. The molecule has 5 amide bonds. The molecule has 0 radical (unpaired) electrons. The van der Waals surface area contributed by atoms with E-state index in [1.807, 2.05) is 0 Å². The Bertz CT molecular complexity index is 3670. The van der Waals surface area contributed by atoms with Crippen LogP contribution in [0.5, 0.6) is 0 Å². The maximum Gasteiger partial charge on any atom is 0.364 e. The van der Waals surface area contributed by atoms with E-state index in [4.69, 9.17) is 90.0 Å². The highest BCUT2D eigenvalue weighted by atomic mass is 16.8. The lowest BCUT2D eigenvalue weighted by Gasteiger charge is -2.51. The third-order valence-electron chi connectivity index (χ3n) is 23.8. The van der Waals surface area contributed by atoms with Crippen molar-refractivity contribution in [1.29, 1.82) is 0 Å². The van der Waals surface area contributed by atoms with Gasteiger partial charge in [-0.1, -0.05) is 0 Å². The SMILES string of the molecule is CC(=O)N[C@@H]1[C@@H](O)[C@H](O[C@@H]2O[C@H](CO)[C@@H](O[C@@H]3O[C@H](CO[C@H]4O[C@H](CO)[C@@H](O)[C@H](O)[C@@H]4O[C@@H]4O[C@H](CO)[C@@H](O)[C@H](O)[C@H]4NC(C)=O)[C@@H](O)[C@H](O[C@H]4O[C@H](CO)[C@@H](O)[C@H](O)[C@@H]4O[C@@H]4O[C@H](CO)[C@@H](O[C@@H]5O[C@H](CO[C@]6(C(=O)O)C[C@H](O)[C@@H](NC(C)=O)[C@H]([C@H](O)[C@H](O)CO)O6)[C@H](O)[C@H](O)[C@H]5O)[C@H](O)[C@H]4NC(C)=O)[C@@H]3O)[C@H](O)[C@H]2NC(C)=O)[C@@H](CO[C@H]2O[C@@H](C)[C@@H](O)[C@@H](O)[C@@H]2O)O[C@@H]1O. The first-order chi connectivity index (χ1) is 61.7. The van der Waals surface area contributed by atoms with Crippen molar-refractivity contribution in [2.45, 2.75) is 360 Å². The molecule has 0 bridgehead atoms. The van der Waals surface area contributed by atoms with Crippen LogP contribution in [0.1, 0.15) is 48.0 Å². The van der Waals surface area contributed by atoms with Gasteiger partial charge >= 0.3 is 5.97 Å². The lowest BCUT2D eigenvalue weighted by Crippen LogP contribution is -2.71. The number of nitrogens with one attached hydrogen (secondary N) is 5. The van der Waals surface area contributed by atoms with Crippen molar-refractivity contribution in [3.63, 3.8) is 0 Å². The minimum absolute atomic E-state index is 0.851. The number of amides is 5. The molecule has 58 nitrogen and oxygen atoms in total. The van der Waals surface area contributed by atoms with Gasteiger partial charge in [0.2, 0.25) is 29.5 Å². The predicted molar refractivity (Wildman–Crippen MR) is 403 cm³/mol. The largest absolute Gasteiger partial charge is 0.477 e. The van der Waals surface area contributed by atoms with Gasteiger partial charge in [-0.05, 0) is 6.92 Å². The van der Waals surface area contributed by atoms with Crippen LogP contribution < -0.4 is 26.6 Å². The predicted octanol–water partition coefficient (Wildman–Crippen LogP) is -21.9. The van der Waals surface area contributed by atoms with Crippen molar-refractivity contribution in [2.24, 2.45) is 0 Å². The molecule has 131 heavy (non-hydrogen) atoms. The van der Waals surface area contributed by atoms with Gasteiger partial charge in [0, 0.05) is 41.0 Å². The van der Waals surface area contributed by atoms with Gasteiger partial charge < -0.3 is 260 Å². The van der Waals surface area contributed by atoms with Crippen LogP contribution in [0.25, 0.3) is 0 Å². The normalized spacial score (nSPS) is 47.5. The molecule has 0 aromatic rings. The summed E-state index contributed by atoms with van der Waals surface area (Å²) in [6.45, 7) is -4.47. The minimum atomic E-state index is -3.11. The molecule has 10 rings (SSSR count). The van der Waals surface area contributed by atoms with Crippen LogP contribution >= 0.6 is 0 Å². The number of aliphatic hydroxyl groups excluding tert-OH is 27. The molecular weight excluding hydrogens is 1790 g/mol. The molecule has 10 saturated heterocycles. The molecule has 10 fully saturated rings. The zero-order valence-corrected chi connectivity index (χ0v) is 70.7. The number of hydrogen-bond acceptors (Lipinski definition) is 52. The number of carbonyl (C=O) groups excluding carboxylic acids is 5. The first kappa shape index (κ1) is 108. The lowest BCUT2D eigenvalue weighted by atomic mass is 9.88. The van der Waals surface area contributed by atoms with Crippen molar-refractivity contribution < 1.29 is 262 Å². The average molecular weight is 1920 g/mol. The Hall–Kier alpha value is -5.02. The molecule has 33 N–H and O–H groups in total. The van der Waals surface area contributed by atoms with Gasteiger partial charge in [-0.3, -0.25) is 24.0 Å². The van der Waals surface area contributed by atoms with E-state index in [9.17, 15) is 172 Å². The van der Waals surface area contributed by atoms with Crippen molar-refractivity contribution >= 4 is 35.5 Å². The summed E-state index contributed by atoms with van der Waals surface area (Å²) in [5.74, 6) is -9.81. The molecule has 756 valence electrons. The standard InChI is InChI=1S/C73H121N5O53/c1-17-38(92)49(103)53(107)67(116-17)113-15-32-58(46(100)34(63(110)117-32)75-19(3)86)125-65-36(77-21(5)88)47(101)57(29(13-84)121-65)127-69-55(109)60(44(98)30(123-69)14-114-70-61(51(105)41(95)26(10-81)119-70)129-64-35(76-20(4)87)45(99)40(94)25(9-80)118-64)128-71-62(52(106)42(96)27(11-82)120-71)130-66-37(78-22(6)89)48(102)56(28(12-83)122-66)126-68-54(108)50(104)43(97)31(124-68)16-115-73(72(111)112)7-23(90)33(74-18(2)85)59(131-73)39(93)24(91)8-79/h17,23-71,79-84,90-110H,7-16H2,1-6H3,(H,74,85)(H,75,86)(H,76,87)(H,77,88)(H,78,89)(H,111,112)/t17-,23-,24+,25+,26+,27+,28+,29+,30+,31+,32+,33+,34+,35+,36+,37+,38+,39+,40+,41+,42+,43-,44+,45+,46+,47+,48+,49+,50-,51-,52-,53-,54+,55-,56+,57+,58+,59+,60-,61-,62-,63-,64-,65-,66-,67-,68-,69-,70-,71+,73+/m0/s1. The Morgan fingerprint density at radius 3 is 1.16 bits per heavy atom. The minimum Gasteiger partial charge on any atom is -0.477 e. The first-order valence-corrected chi connectivity index (χ1v) is 41.6. The van der Waals surface area contributed by atoms with E-state index >= 15 is 0 Å².